The zero-order valence-corrected chi connectivity index (χ0v) is 9.27. The van der Waals surface area contributed by atoms with E-state index >= 15 is 0 Å². The van der Waals surface area contributed by atoms with Crippen molar-refractivity contribution in [2.24, 2.45) is 4.99 Å². The molecule has 0 aromatic heterocycles. The smallest absolute Gasteiger partial charge is 0.346 e. The number of hydrogen-bond acceptors (Lipinski definition) is 6. The molecule has 0 amide bonds. The number of carbonyl (C=O) groups is 1. The van der Waals surface area contributed by atoms with E-state index in [1.165, 1.54) is 0 Å². The van der Waals surface area contributed by atoms with Gasteiger partial charge < -0.3 is 19.5 Å². The molecule has 2 rings (SSSR count). The first-order chi connectivity index (χ1) is 7.48. The summed E-state index contributed by atoms with van der Waals surface area (Å²) >= 11 is 0. The van der Waals surface area contributed by atoms with Gasteiger partial charge in [-0.05, 0) is 0 Å². The molecule has 0 aliphatic carbocycles. The average molecular weight is 226 g/mol. The molecule has 0 saturated carbocycles. The lowest BCUT2D eigenvalue weighted by Gasteiger charge is -2.31. The molecule has 0 spiro atoms. The summed E-state index contributed by atoms with van der Waals surface area (Å²) in [5.74, 6) is -2.01. The summed E-state index contributed by atoms with van der Waals surface area (Å²) < 4.78 is 10.1. The van der Waals surface area contributed by atoms with Crippen molar-refractivity contribution >= 4 is 12.3 Å². The van der Waals surface area contributed by atoms with E-state index in [0.717, 1.165) is 6.54 Å². The molecule has 0 radical (unpaired) electrons. The molecule has 16 heavy (non-hydrogen) atoms. The molecule has 0 unspecified atom stereocenters. The van der Waals surface area contributed by atoms with Gasteiger partial charge in [-0.3, -0.25) is 4.99 Å². The Morgan fingerprint density at radius 1 is 1.56 bits per heavy atom. The van der Waals surface area contributed by atoms with Crippen LogP contribution in [0.2, 0.25) is 0 Å². The Labute approximate surface area is 93.2 Å². The van der Waals surface area contributed by atoms with Gasteiger partial charge in [-0.2, -0.15) is 0 Å². The Hall–Kier alpha value is -1.72. The second-order valence-electron chi connectivity index (χ2n) is 4.17. The van der Waals surface area contributed by atoms with E-state index in [0.29, 0.717) is 6.54 Å². The highest BCUT2D eigenvalue weighted by Crippen LogP contribution is 2.25. The number of aliphatic hydroxyl groups excluding tert-OH is 1. The zero-order chi connectivity index (χ0) is 11.8. The SMILES string of the molecule is CC1(C)OC(=O)C(CN2C=NCC2)=C(O)O1. The lowest BCUT2D eigenvalue weighted by Crippen LogP contribution is -2.39. The van der Waals surface area contributed by atoms with Crippen LogP contribution in [0.1, 0.15) is 13.8 Å². The Bertz CT molecular complexity index is 373. The Morgan fingerprint density at radius 2 is 2.31 bits per heavy atom. The van der Waals surface area contributed by atoms with Crippen LogP contribution in [0.25, 0.3) is 0 Å². The van der Waals surface area contributed by atoms with Crippen molar-refractivity contribution in [3.8, 4) is 0 Å². The van der Waals surface area contributed by atoms with Crippen LogP contribution < -0.4 is 0 Å². The van der Waals surface area contributed by atoms with Crippen molar-refractivity contribution < 1.29 is 19.4 Å². The fourth-order valence-electron chi connectivity index (χ4n) is 1.56. The maximum atomic E-state index is 11.6. The first-order valence-corrected chi connectivity index (χ1v) is 5.06. The van der Waals surface area contributed by atoms with E-state index in [1.807, 2.05) is 4.90 Å². The Morgan fingerprint density at radius 3 is 2.88 bits per heavy atom. The zero-order valence-electron chi connectivity index (χ0n) is 9.27. The average Bonchev–Trinajstić information content (AvgIpc) is 2.62. The van der Waals surface area contributed by atoms with Gasteiger partial charge in [0.15, 0.2) is 0 Å². The molecular weight excluding hydrogens is 212 g/mol. The van der Waals surface area contributed by atoms with Crippen LogP contribution in [0.5, 0.6) is 0 Å². The highest BCUT2D eigenvalue weighted by molar-refractivity contribution is 5.90. The number of rotatable bonds is 2. The van der Waals surface area contributed by atoms with E-state index in [9.17, 15) is 9.90 Å². The summed E-state index contributed by atoms with van der Waals surface area (Å²) in [5, 5.41) is 9.62. The monoisotopic (exact) mass is 226 g/mol. The van der Waals surface area contributed by atoms with Gasteiger partial charge in [-0.25, -0.2) is 4.79 Å². The van der Waals surface area contributed by atoms with E-state index < -0.39 is 11.8 Å². The maximum Gasteiger partial charge on any atom is 0.346 e. The lowest BCUT2D eigenvalue weighted by molar-refractivity contribution is -0.222. The predicted molar refractivity (Wildman–Crippen MR) is 55.8 cm³/mol. The van der Waals surface area contributed by atoms with Crippen LogP contribution in [-0.2, 0) is 14.3 Å². The van der Waals surface area contributed by atoms with E-state index in [-0.39, 0.29) is 18.1 Å². The van der Waals surface area contributed by atoms with Crippen LogP contribution in [0.3, 0.4) is 0 Å². The van der Waals surface area contributed by atoms with Crippen molar-refractivity contribution in [3.63, 3.8) is 0 Å². The van der Waals surface area contributed by atoms with Crippen molar-refractivity contribution in [3.05, 3.63) is 11.5 Å². The molecule has 2 aliphatic heterocycles. The standard InChI is InChI=1S/C10H14N2O4/c1-10(2)15-8(13)7(9(14)16-10)5-12-4-3-11-6-12/h6,13H,3-5H2,1-2H3. The van der Waals surface area contributed by atoms with Crippen LogP contribution in [0.15, 0.2) is 16.5 Å². The largest absolute Gasteiger partial charge is 0.480 e. The number of aliphatic hydroxyl groups is 1. The molecule has 0 saturated heterocycles. The third-order valence-corrected chi connectivity index (χ3v) is 2.31. The molecular formula is C10H14N2O4. The molecule has 0 atom stereocenters. The minimum atomic E-state index is -1.11. The molecule has 6 nitrogen and oxygen atoms in total. The highest BCUT2D eigenvalue weighted by Gasteiger charge is 2.36. The van der Waals surface area contributed by atoms with Crippen LogP contribution in [0.4, 0.5) is 0 Å². The molecule has 2 heterocycles. The molecule has 0 fully saturated rings. The second-order valence-corrected chi connectivity index (χ2v) is 4.17. The maximum absolute atomic E-state index is 11.6. The highest BCUT2D eigenvalue weighted by atomic mass is 16.8. The summed E-state index contributed by atoms with van der Waals surface area (Å²) in [5.41, 5.74) is 0.132. The fraction of sp³-hybridized carbons (Fsp3) is 0.600. The Kier molecular flexibility index (Phi) is 2.49. The number of nitrogens with zero attached hydrogens (tertiary/aromatic N) is 2. The minimum Gasteiger partial charge on any atom is -0.480 e. The first-order valence-electron chi connectivity index (χ1n) is 5.06. The van der Waals surface area contributed by atoms with Gasteiger partial charge in [0.05, 0.1) is 19.4 Å². The molecule has 0 bridgehead atoms. The van der Waals surface area contributed by atoms with Gasteiger partial charge in [0.1, 0.15) is 5.57 Å². The number of esters is 1. The summed E-state index contributed by atoms with van der Waals surface area (Å²) in [6.45, 7) is 4.82. The van der Waals surface area contributed by atoms with Gasteiger partial charge in [0, 0.05) is 20.4 Å². The molecule has 2 aliphatic rings. The van der Waals surface area contributed by atoms with Gasteiger partial charge in [-0.1, -0.05) is 0 Å². The quantitative estimate of drug-likeness (QED) is 0.690. The predicted octanol–water partition coefficient (Wildman–Crippen LogP) is 0.409. The van der Waals surface area contributed by atoms with Crippen molar-refractivity contribution in [1.29, 1.82) is 0 Å². The van der Waals surface area contributed by atoms with Crippen LogP contribution in [-0.4, -0.2) is 47.7 Å². The third-order valence-electron chi connectivity index (χ3n) is 2.31. The first kappa shape index (κ1) is 10.8. The number of cyclic esters (lactones) is 1. The Balaban J connectivity index is 2.13. The van der Waals surface area contributed by atoms with Gasteiger partial charge in [0.2, 0.25) is 0 Å². The summed E-state index contributed by atoms with van der Waals surface area (Å²) in [6.07, 6.45) is 1.65. The number of hydrogen-bond donors (Lipinski definition) is 1. The minimum absolute atomic E-state index is 0.132. The van der Waals surface area contributed by atoms with E-state index in [2.05, 4.69) is 4.99 Å². The summed E-state index contributed by atoms with van der Waals surface area (Å²) in [6, 6.07) is 0. The number of carbonyl (C=O) groups excluding carboxylic acids is 1. The molecule has 1 N–H and O–H groups in total. The summed E-state index contributed by atoms with van der Waals surface area (Å²) in [7, 11) is 0. The van der Waals surface area contributed by atoms with Crippen molar-refractivity contribution in [2.45, 2.75) is 19.6 Å². The number of aliphatic imine (C=N–C) groups is 1. The van der Waals surface area contributed by atoms with Crippen LogP contribution >= 0.6 is 0 Å². The van der Waals surface area contributed by atoms with Crippen LogP contribution in [0, 0.1) is 0 Å². The molecule has 88 valence electrons. The van der Waals surface area contributed by atoms with Gasteiger partial charge in [-0.15, -0.1) is 0 Å². The van der Waals surface area contributed by atoms with E-state index in [4.69, 9.17) is 9.47 Å². The normalized spacial score (nSPS) is 23.4. The molecule has 0 aromatic rings. The van der Waals surface area contributed by atoms with E-state index in [1.54, 1.807) is 20.2 Å². The second kappa shape index (κ2) is 3.70. The molecule has 0 aromatic carbocycles. The molecule has 6 heteroatoms. The van der Waals surface area contributed by atoms with Gasteiger partial charge in [0.25, 0.3) is 11.7 Å². The van der Waals surface area contributed by atoms with Crippen molar-refractivity contribution in [1.82, 2.24) is 4.90 Å². The lowest BCUT2D eigenvalue weighted by atomic mass is 10.2. The topological polar surface area (TPSA) is 71.4 Å². The van der Waals surface area contributed by atoms with Gasteiger partial charge >= 0.3 is 5.97 Å². The summed E-state index contributed by atoms with van der Waals surface area (Å²) in [4.78, 5) is 17.4. The number of ether oxygens (including phenoxy) is 2. The third kappa shape index (κ3) is 2.10. The van der Waals surface area contributed by atoms with Crippen molar-refractivity contribution in [2.75, 3.05) is 19.6 Å². The fourth-order valence-corrected chi connectivity index (χ4v) is 1.56.